The molecule has 158 valence electrons. The molecule has 0 fully saturated rings. The van der Waals surface area contributed by atoms with Gasteiger partial charge < -0.3 is 9.64 Å². The van der Waals surface area contributed by atoms with E-state index in [1.54, 1.807) is 12.1 Å². The Morgan fingerprint density at radius 3 is 2.37 bits per heavy atom. The zero-order valence-electron chi connectivity index (χ0n) is 16.4. The summed E-state index contributed by atoms with van der Waals surface area (Å²) in [5.74, 6) is -1.51. The molecule has 2 aromatic rings. The van der Waals surface area contributed by atoms with E-state index in [2.05, 4.69) is 0 Å². The molecule has 0 bridgehead atoms. The average molecular weight is 450 g/mol. The maximum atomic E-state index is 12.7. The number of rotatable bonds is 7. The molecule has 0 spiro atoms. The average Bonchev–Trinajstić information content (AvgIpc) is 2.65. The predicted octanol–water partition coefficient (Wildman–Crippen LogP) is 2.71. The van der Waals surface area contributed by atoms with Crippen LogP contribution in [0.5, 0.6) is 0 Å². The molecule has 0 aromatic heterocycles. The number of nitrogens with zero attached hydrogens (tertiary/aromatic N) is 2. The van der Waals surface area contributed by atoms with Crippen LogP contribution in [0.2, 0.25) is 5.02 Å². The Morgan fingerprint density at radius 2 is 1.80 bits per heavy atom. The molecule has 0 atom stereocenters. The fourth-order valence-corrected chi connectivity index (χ4v) is 3.52. The van der Waals surface area contributed by atoms with Crippen molar-refractivity contribution in [3.8, 4) is 6.07 Å². The van der Waals surface area contributed by atoms with E-state index in [0.717, 1.165) is 23.3 Å². The first kappa shape index (κ1) is 23.3. The van der Waals surface area contributed by atoms with Gasteiger partial charge in [0.05, 0.1) is 28.0 Å². The highest BCUT2D eigenvalue weighted by atomic mass is 35.5. The van der Waals surface area contributed by atoms with Crippen molar-refractivity contribution >= 4 is 39.2 Å². The van der Waals surface area contributed by atoms with Crippen LogP contribution < -0.4 is 10.0 Å². The van der Waals surface area contributed by atoms with Crippen molar-refractivity contribution < 1.29 is 22.7 Å². The van der Waals surface area contributed by atoms with Gasteiger partial charge in [0.15, 0.2) is 6.61 Å². The highest BCUT2D eigenvalue weighted by Gasteiger charge is 2.21. The van der Waals surface area contributed by atoms with E-state index in [1.165, 1.54) is 11.0 Å². The fourth-order valence-electron chi connectivity index (χ4n) is 2.79. The van der Waals surface area contributed by atoms with Crippen molar-refractivity contribution in [2.45, 2.75) is 25.2 Å². The van der Waals surface area contributed by atoms with Crippen LogP contribution in [0.4, 0.5) is 5.69 Å². The van der Waals surface area contributed by atoms with Crippen LogP contribution in [0.25, 0.3) is 0 Å². The number of benzene rings is 2. The number of carbonyl (C=O) groups excluding carboxylic acids is 2. The molecule has 0 saturated carbocycles. The van der Waals surface area contributed by atoms with Gasteiger partial charge >= 0.3 is 5.97 Å². The predicted molar refractivity (Wildman–Crippen MR) is 112 cm³/mol. The third-order valence-electron chi connectivity index (χ3n) is 4.08. The van der Waals surface area contributed by atoms with Gasteiger partial charge in [0, 0.05) is 12.2 Å². The minimum atomic E-state index is -4.05. The van der Waals surface area contributed by atoms with Crippen LogP contribution in [0.15, 0.2) is 41.3 Å². The molecular formula is C20H20ClN3O5S. The lowest BCUT2D eigenvalue weighted by molar-refractivity contribution is -0.121. The second-order valence-electron chi connectivity index (χ2n) is 6.56. The summed E-state index contributed by atoms with van der Waals surface area (Å²) in [6.07, 6.45) is 0.0922. The van der Waals surface area contributed by atoms with Crippen LogP contribution >= 0.6 is 11.6 Å². The van der Waals surface area contributed by atoms with Crippen molar-refractivity contribution in [3.63, 3.8) is 0 Å². The molecule has 2 rings (SSSR count). The third kappa shape index (κ3) is 6.03. The first-order valence-corrected chi connectivity index (χ1v) is 10.7. The Labute approximate surface area is 179 Å². The monoisotopic (exact) mass is 449 g/mol. The fraction of sp³-hybridized carbons (Fsp3) is 0.250. The Hall–Kier alpha value is -2.93. The number of aryl methyl sites for hydroxylation is 2. The molecular weight excluding hydrogens is 430 g/mol. The third-order valence-corrected chi connectivity index (χ3v) is 5.32. The number of primary sulfonamides is 1. The van der Waals surface area contributed by atoms with Crippen LogP contribution in [0.1, 0.15) is 27.9 Å². The number of hydrogen-bond acceptors (Lipinski definition) is 6. The van der Waals surface area contributed by atoms with Crippen molar-refractivity contribution in [2.75, 3.05) is 18.1 Å². The number of nitriles is 1. The van der Waals surface area contributed by atoms with Crippen molar-refractivity contribution in [1.29, 1.82) is 5.26 Å². The summed E-state index contributed by atoms with van der Waals surface area (Å²) in [7, 11) is -4.05. The number of hydrogen-bond donors (Lipinski definition) is 1. The molecule has 10 heteroatoms. The number of halogens is 1. The zero-order valence-corrected chi connectivity index (χ0v) is 18.0. The molecule has 2 N–H and O–H groups in total. The van der Waals surface area contributed by atoms with Crippen molar-refractivity contribution in [2.24, 2.45) is 5.14 Å². The first-order chi connectivity index (χ1) is 14.0. The van der Waals surface area contributed by atoms with E-state index in [9.17, 15) is 18.0 Å². The van der Waals surface area contributed by atoms with Gasteiger partial charge in [-0.25, -0.2) is 18.4 Å². The van der Waals surface area contributed by atoms with Crippen molar-refractivity contribution in [1.82, 2.24) is 0 Å². The maximum Gasteiger partial charge on any atom is 0.340 e. The molecule has 0 aliphatic carbocycles. The summed E-state index contributed by atoms with van der Waals surface area (Å²) in [5, 5.41) is 13.9. The van der Waals surface area contributed by atoms with Crippen LogP contribution in [-0.4, -0.2) is 33.4 Å². The lowest BCUT2D eigenvalue weighted by Gasteiger charge is -2.22. The minimum absolute atomic E-state index is 0.0458. The summed E-state index contributed by atoms with van der Waals surface area (Å²) >= 11 is 5.95. The number of carbonyl (C=O) groups is 2. The number of nitrogens with two attached hydrogens (primary N) is 1. The molecule has 0 saturated heterocycles. The number of sulfonamides is 1. The summed E-state index contributed by atoms with van der Waals surface area (Å²) < 4.78 is 28.0. The van der Waals surface area contributed by atoms with Gasteiger partial charge in [-0.1, -0.05) is 17.7 Å². The Morgan fingerprint density at radius 1 is 1.17 bits per heavy atom. The highest BCUT2D eigenvalue weighted by Crippen LogP contribution is 2.22. The molecule has 0 heterocycles. The smallest absolute Gasteiger partial charge is 0.340 e. The maximum absolute atomic E-state index is 12.7. The van der Waals surface area contributed by atoms with Gasteiger partial charge in [-0.05, 0) is 55.3 Å². The lowest BCUT2D eigenvalue weighted by atomic mass is 10.1. The van der Waals surface area contributed by atoms with Crippen LogP contribution in [0.3, 0.4) is 0 Å². The quantitative estimate of drug-likeness (QED) is 0.646. The van der Waals surface area contributed by atoms with Crippen LogP contribution in [0, 0.1) is 25.2 Å². The van der Waals surface area contributed by atoms with Gasteiger partial charge in [-0.3, -0.25) is 4.79 Å². The summed E-state index contributed by atoms with van der Waals surface area (Å²) in [5.41, 5.74) is 2.22. The lowest BCUT2D eigenvalue weighted by Crippen LogP contribution is -2.35. The zero-order chi connectivity index (χ0) is 22.5. The second kappa shape index (κ2) is 9.71. The summed E-state index contributed by atoms with van der Waals surface area (Å²) in [6, 6.07) is 10.8. The second-order valence-corrected chi connectivity index (χ2v) is 8.53. The summed E-state index contributed by atoms with van der Waals surface area (Å²) in [4.78, 5) is 26.1. The van der Waals surface area contributed by atoms with Gasteiger partial charge in [0.2, 0.25) is 10.0 Å². The van der Waals surface area contributed by atoms with E-state index < -0.39 is 28.5 Å². The number of ether oxygens (including phenoxy) is 1. The molecule has 0 aliphatic rings. The van der Waals surface area contributed by atoms with Crippen molar-refractivity contribution in [3.05, 3.63) is 58.1 Å². The SMILES string of the molecule is Cc1cc(C)cc(N(CCC#N)C(=O)COC(=O)c2cc(S(N)(=O)=O)ccc2Cl)c1. The van der Waals surface area contributed by atoms with Gasteiger partial charge in [0.25, 0.3) is 5.91 Å². The molecule has 8 nitrogen and oxygen atoms in total. The van der Waals surface area contributed by atoms with E-state index in [0.29, 0.717) is 5.69 Å². The Balaban J connectivity index is 2.21. The molecule has 0 radical (unpaired) electrons. The molecule has 0 aliphatic heterocycles. The highest BCUT2D eigenvalue weighted by molar-refractivity contribution is 7.89. The normalized spacial score (nSPS) is 10.9. The number of esters is 1. The van der Waals surface area contributed by atoms with Crippen LogP contribution in [-0.2, 0) is 19.6 Å². The number of anilines is 1. The van der Waals surface area contributed by atoms with E-state index >= 15 is 0 Å². The molecule has 30 heavy (non-hydrogen) atoms. The molecule has 0 unspecified atom stereocenters. The summed E-state index contributed by atoms with van der Waals surface area (Å²) in [6.45, 7) is 3.26. The van der Waals surface area contributed by atoms with Gasteiger partial charge in [0.1, 0.15) is 0 Å². The van der Waals surface area contributed by atoms with E-state index in [1.807, 2.05) is 26.0 Å². The topological polar surface area (TPSA) is 131 Å². The van der Waals surface area contributed by atoms with E-state index in [4.69, 9.17) is 26.7 Å². The standard InChI is InChI=1S/C20H20ClN3O5S/c1-13-8-14(2)10-15(9-13)24(7-3-6-22)19(25)12-29-20(26)17-11-16(30(23,27)28)4-5-18(17)21/h4-5,8-11H,3,7,12H2,1-2H3,(H2,23,27,28). The van der Waals surface area contributed by atoms with Gasteiger partial charge in [-0.15, -0.1) is 0 Å². The molecule has 1 amide bonds. The number of amides is 1. The largest absolute Gasteiger partial charge is 0.452 e. The Bertz CT molecular complexity index is 1110. The first-order valence-electron chi connectivity index (χ1n) is 8.78. The molecule has 2 aromatic carbocycles. The Kier molecular flexibility index (Phi) is 7.56. The van der Waals surface area contributed by atoms with E-state index in [-0.39, 0.29) is 28.4 Å². The minimum Gasteiger partial charge on any atom is -0.452 e. The van der Waals surface area contributed by atoms with Gasteiger partial charge in [-0.2, -0.15) is 5.26 Å².